The number of rotatable bonds is 12. The van der Waals surface area contributed by atoms with Crippen molar-refractivity contribution in [2.45, 2.75) is 77.3 Å². The van der Waals surface area contributed by atoms with Crippen molar-refractivity contribution in [2.75, 3.05) is 6.61 Å². The maximum absolute atomic E-state index is 16.4. The first-order chi connectivity index (χ1) is 16.0. The fourth-order valence-corrected chi connectivity index (χ4v) is 4.29. The van der Waals surface area contributed by atoms with E-state index in [0.717, 1.165) is 56.9 Å². The van der Waals surface area contributed by atoms with Crippen LogP contribution in [-0.4, -0.2) is 6.61 Å². The Balaban J connectivity index is 1.81. The molecule has 2 aromatic carbocycles. The van der Waals surface area contributed by atoms with Crippen LogP contribution in [0.4, 0.5) is 13.2 Å². The highest BCUT2D eigenvalue weighted by Crippen LogP contribution is 2.46. The first-order valence-electron chi connectivity index (χ1n) is 12.3. The zero-order valence-corrected chi connectivity index (χ0v) is 19.8. The molecule has 0 aromatic heterocycles. The van der Waals surface area contributed by atoms with Crippen LogP contribution in [0.3, 0.4) is 0 Å². The summed E-state index contributed by atoms with van der Waals surface area (Å²) in [7, 11) is 0. The van der Waals surface area contributed by atoms with E-state index in [4.69, 9.17) is 4.74 Å². The third-order valence-electron chi connectivity index (χ3n) is 6.30. The van der Waals surface area contributed by atoms with Crippen LogP contribution in [0.1, 0.15) is 81.9 Å². The second-order valence-corrected chi connectivity index (χ2v) is 8.82. The van der Waals surface area contributed by atoms with Crippen molar-refractivity contribution >= 4 is 5.57 Å². The predicted octanol–water partition coefficient (Wildman–Crippen LogP) is 8.86. The molecule has 3 rings (SSSR count). The van der Waals surface area contributed by atoms with Gasteiger partial charge < -0.3 is 4.74 Å². The van der Waals surface area contributed by atoms with E-state index in [-0.39, 0.29) is 23.3 Å². The molecule has 0 saturated carbocycles. The summed E-state index contributed by atoms with van der Waals surface area (Å²) in [6.07, 6.45) is 13.3. The van der Waals surface area contributed by atoms with Crippen molar-refractivity contribution < 1.29 is 17.9 Å². The molecule has 1 nitrogen and oxygen atoms in total. The van der Waals surface area contributed by atoms with Gasteiger partial charge in [0.2, 0.25) is 5.82 Å². The standard InChI is InChI=1S/C29H35F3O/c1-3-5-7-11-21-33-26-19-18-24(27(30)28(26)31)25-13-9-10-20-29(25,32)23-16-14-22(15-17-23)12-8-6-4-2/h9-10,13-19H,3-8,11-12,20-21H2,1-2H3. The summed E-state index contributed by atoms with van der Waals surface area (Å²) in [6, 6.07) is 10.3. The molecule has 0 spiro atoms. The Morgan fingerprint density at radius 3 is 2.30 bits per heavy atom. The summed E-state index contributed by atoms with van der Waals surface area (Å²) >= 11 is 0. The molecule has 0 bridgehead atoms. The number of hydrogen-bond donors (Lipinski definition) is 0. The van der Waals surface area contributed by atoms with Gasteiger partial charge in [0.1, 0.15) is 0 Å². The van der Waals surface area contributed by atoms with Crippen molar-refractivity contribution in [3.05, 3.63) is 83.0 Å². The molecule has 1 aliphatic rings. The largest absolute Gasteiger partial charge is 0.490 e. The number of ether oxygens (including phenoxy) is 1. The monoisotopic (exact) mass is 456 g/mol. The van der Waals surface area contributed by atoms with Gasteiger partial charge in [-0.15, -0.1) is 0 Å². The summed E-state index contributed by atoms with van der Waals surface area (Å²) in [5.74, 6) is -2.26. The molecule has 0 saturated heterocycles. The van der Waals surface area contributed by atoms with Gasteiger partial charge >= 0.3 is 0 Å². The number of alkyl halides is 1. The van der Waals surface area contributed by atoms with E-state index in [1.54, 1.807) is 30.4 Å². The van der Waals surface area contributed by atoms with Gasteiger partial charge in [0.05, 0.1) is 6.61 Å². The maximum Gasteiger partial charge on any atom is 0.201 e. The fourth-order valence-electron chi connectivity index (χ4n) is 4.29. The third kappa shape index (κ3) is 6.10. The fraction of sp³-hybridized carbons (Fsp3) is 0.448. The summed E-state index contributed by atoms with van der Waals surface area (Å²) in [6.45, 7) is 4.60. The maximum atomic E-state index is 16.4. The Morgan fingerprint density at radius 2 is 1.58 bits per heavy atom. The highest BCUT2D eigenvalue weighted by molar-refractivity contribution is 5.77. The lowest BCUT2D eigenvalue weighted by Crippen LogP contribution is -2.24. The van der Waals surface area contributed by atoms with Crippen molar-refractivity contribution in [3.63, 3.8) is 0 Å². The minimum atomic E-state index is -1.92. The van der Waals surface area contributed by atoms with Crippen LogP contribution in [0.25, 0.3) is 5.57 Å². The molecule has 2 aromatic rings. The van der Waals surface area contributed by atoms with Crippen LogP contribution in [0, 0.1) is 11.6 Å². The van der Waals surface area contributed by atoms with Gasteiger partial charge in [-0.3, -0.25) is 0 Å². The molecule has 178 valence electrons. The molecular formula is C29H35F3O. The number of unbranched alkanes of at least 4 members (excludes halogenated alkanes) is 5. The van der Waals surface area contributed by atoms with Crippen LogP contribution in [0.5, 0.6) is 5.75 Å². The predicted molar refractivity (Wildman–Crippen MR) is 130 cm³/mol. The second-order valence-electron chi connectivity index (χ2n) is 8.82. The molecule has 1 atom stereocenters. The Morgan fingerprint density at radius 1 is 0.848 bits per heavy atom. The zero-order valence-electron chi connectivity index (χ0n) is 19.8. The average molecular weight is 457 g/mol. The lowest BCUT2D eigenvalue weighted by atomic mass is 9.78. The summed E-state index contributed by atoms with van der Waals surface area (Å²) in [4.78, 5) is 0. The van der Waals surface area contributed by atoms with Gasteiger partial charge in [0.25, 0.3) is 0 Å². The highest BCUT2D eigenvalue weighted by atomic mass is 19.2. The zero-order chi connectivity index (χ0) is 23.7. The SMILES string of the molecule is CCCCCCOc1ccc(C2=CC=CCC2(F)c2ccc(CCCCC)cc2)c(F)c1F. The minimum Gasteiger partial charge on any atom is -0.490 e. The first kappa shape index (κ1) is 25.1. The van der Waals surface area contributed by atoms with Crippen LogP contribution in [0.2, 0.25) is 0 Å². The van der Waals surface area contributed by atoms with Gasteiger partial charge in [-0.25, -0.2) is 8.78 Å². The number of halogens is 3. The molecule has 33 heavy (non-hydrogen) atoms. The van der Waals surface area contributed by atoms with Gasteiger partial charge in [0.15, 0.2) is 17.2 Å². The van der Waals surface area contributed by atoms with Crippen molar-refractivity contribution in [1.29, 1.82) is 0 Å². The van der Waals surface area contributed by atoms with E-state index in [0.29, 0.717) is 12.2 Å². The molecule has 1 aliphatic carbocycles. The van der Waals surface area contributed by atoms with Gasteiger partial charge in [0, 0.05) is 17.6 Å². The number of allylic oxidation sites excluding steroid dienone is 4. The van der Waals surface area contributed by atoms with Crippen LogP contribution < -0.4 is 4.74 Å². The van der Waals surface area contributed by atoms with Gasteiger partial charge in [-0.05, 0) is 42.5 Å². The smallest absolute Gasteiger partial charge is 0.201 e. The summed E-state index contributed by atoms with van der Waals surface area (Å²) in [5.41, 5.74) is -0.245. The van der Waals surface area contributed by atoms with Crippen molar-refractivity contribution in [3.8, 4) is 5.75 Å². The second kappa shape index (κ2) is 12.1. The molecule has 4 heteroatoms. The molecular weight excluding hydrogens is 421 g/mol. The van der Waals surface area contributed by atoms with Crippen LogP contribution >= 0.6 is 0 Å². The average Bonchev–Trinajstić information content (AvgIpc) is 2.83. The third-order valence-corrected chi connectivity index (χ3v) is 6.30. The number of aryl methyl sites for hydroxylation is 1. The Labute approximate surface area is 196 Å². The quantitative estimate of drug-likeness (QED) is 0.290. The normalized spacial score (nSPS) is 17.8. The van der Waals surface area contributed by atoms with E-state index in [1.807, 2.05) is 12.1 Å². The van der Waals surface area contributed by atoms with Crippen molar-refractivity contribution in [2.24, 2.45) is 0 Å². The van der Waals surface area contributed by atoms with E-state index in [1.165, 1.54) is 12.1 Å². The molecule has 0 amide bonds. The van der Waals surface area contributed by atoms with Crippen LogP contribution in [-0.2, 0) is 12.1 Å². The van der Waals surface area contributed by atoms with Gasteiger partial charge in [-0.2, -0.15) is 4.39 Å². The first-order valence-corrected chi connectivity index (χ1v) is 12.3. The molecule has 0 radical (unpaired) electrons. The van der Waals surface area contributed by atoms with E-state index in [9.17, 15) is 4.39 Å². The molecule has 0 heterocycles. The Kier molecular flexibility index (Phi) is 9.22. The lowest BCUT2D eigenvalue weighted by Gasteiger charge is -2.30. The Hall–Kier alpha value is -2.49. The van der Waals surface area contributed by atoms with Gasteiger partial charge in [-0.1, -0.05) is 88.4 Å². The Bertz CT molecular complexity index is 962. The summed E-state index contributed by atoms with van der Waals surface area (Å²) in [5, 5.41) is 0. The van der Waals surface area contributed by atoms with E-state index in [2.05, 4.69) is 13.8 Å². The minimum absolute atomic E-state index is 0.0651. The van der Waals surface area contributed by atoms with E-state index < -0.39 is 17.3 Å². The molecule has 0 N–H and O–H groups in total. The lowest BCUT2D eigenvalue weighted by molar-refractivity contribution is 0.248. The van der Waals surface area contributed by atoms with Crippen LogP contribution in [0.15, 0.2) is 54.6 Å². The topological polar surface area (TPSA) is 9.23 Å². The van der Waals surface area contributed by atoms with Crippen molar-refractivity contribution in [1.82, 2.24) is 0 Å². The molecule has 0 aliphatic heterocycles. The number of benzene rings is 2. The summed E-state index contributed by atoms with van der Waals surface area (Å²) < 4.78 is 51.7. The highest BCUT2D eigenvalue weighted by Gasteiger charge is 2.39. The number of hydrogen-bond acceptors (Lipinski definition) is 1. The van der Waals surface area contributed by atoms with E-state index >= 15 is 8.78 Å². The molecule has 1 unspecified atom stereocenters. The molecule has 0 fully saturated rings.